The molecule has 1 heterocycles. The molecule has 0 radical (unpaired) electrons. The summed E-state index contributed by atoms with van der Waals surface area (Å²) in [5, 5.41) is 13.4. The van der Waals surface area contributed by atoms with E-state index in [4.69, 9.17) is 11.6 Å². The molecule has 0 atom stereocenters. The molecule has 0 amide bonds. The number of aliphatic hydroxyl groups is 1. The predicted molar refractivity (Wildman–Crippen MR) is 89.0 cm³/mol. The van der Waals surface area contributed by atoms with Gasteiger partial charge in [0.05, 0.1) is 28.7 Å². The van der Waals surface area contributed by atoms with Crippen LogP contribution in [0, 0.1) is 5.82 Å². The van der Waals surface area contributed by atoms with Crippen molar-refractivity contribution in [1.82, 2.24) is 0 Å². The highest BCUT2D eigenvalue weighted by atomic mass is 35.5. The molecule has 116 valence electrons. The molecule has 3 rings (SSSR count). The Hall–Kier alpha value is -1.78. The lowest BCUT2D eigenvalue weighted by Crippen LogP contribution is -2.38. The Morgan fingerprint density at radius 1 is 1.32 bits per heavy atom. The number of fused-ring (bicyclic) bond motifs is 1. The number of hydrogen-bond acceptors (Lipinski definition) is 3. The summed E-state index contributed by atoms with van der Waals surface area (Å²) in [6, 6.07) is 10.7. The van der Waals surface area contributed by atoms with Crippen LogP contribution in [-0.2, 0) is 0 Å². The van der Waals surface area contributed by atoms with E-state index in [1.165, 1.54) is 6.07 Å². The third kappa shape index (κ3) is 2.89. The highest BCUT2D eigenvalue weighted by molar-refractivity contribution is 6.31. The van der Waals surface area contributed by atoms with Gasteiger partial charge in [-0.05, 0) is 37.6 Å². The summed E-state index contributed by atoms with van der Waals surface area (Å²) in [4.78, 5) is 2.04. The number of nitrogens with zero attached hydrogens (tertiary/aromatic N) is 1. The van der Waals surface area contributed by atoms with Gasteiger partial charge in [-0.3, -0.25) is 0 Å². The highest BCUT2D eigenvalue weighted by Crippen LogP contribution is 2.37. The third-order valence-corrected chi connectivity index (χ3v) is 3.93. The number of halogens is 2. The first-order chi connectivity index (χ1) is 10.3. The van der Waals surface area contributed by atoms with Crippen molar-refractivity contribution in [3.8, 4) is 11.1 Å². The molecule has 22 heavy (non-hydrogen) atoms. The molecule has 1 aliphatic rings. The summed E-state index contributed by atoms with van der Waals surface area (Å²) < 4.78 is 14.2. The van der Waals surface area contributed by atoms with Gasteiger partial charge in [0.1, 0.15) is 5.82 Å². The summed E-state index contributed by atoms with van der Waals surface area (Å²) in [7, 11) is 0. The van der Waals surface area contributed by atoms with Crippen molar-refractivity contribution in [2.75, 3.05) is 23.4 Å². The molecule has 0 bridgehead atoms. The number of nitrogens with one attached hydrogen (secondary N) is 1. The number of rotatable bonds is 3. The first-order valence-corrected chi connectivity index (χ1v) is 7.52. The van der Waals surface area contributed by atoms with E-state index in [0.717, 1.165) is 16.9 Å². The van der Waals surface area contributed by atoms with E-state index in [-0.39, 0.29) is 5.02 Å². The summed E-state index contributed by atoms with van der Waals surface area (Å²) in [6.07, 6.45) is 0. The van der Waals surface area contributed by atoms with Gasteiger partial charge in [0.15, 0.2) is 0 Å². The van der Waals surface area contributed by atoms with Crippen molar-refractivity contribution in [1.29, 1.82) is 0 Å². The fraction of sp³-hybridized carbons (Fsp3) is 0.294. The van der Waals surface area contributed by atoms with Crippen LogP contribution in [0.5, 0.6) is 0 Å². The van der Waals surface area contributed by atoms with E-state index in [9.17, 15) is 9.50 Å². The molecule has 0 aliphatic carbocycles. The van der Waals surface area contributed by atoms with E-state index in [1.807, 2.05) is 23.1 Å². The molecule has 0 saturated carbocycles. The first kappa shape index (κ1) is 15.1. The topological polar surface area (TPSA) is 35.5 Å². The fourth-order valence-corrected chi connectivity index (χ4v) is 2.89. The normalized spacial score (nSPS) is 14.0. The van der Waals surface area contributed by atoms with Gasteiger partial charge < -0.3 is 15.3 Å². The van der Waals surface area contributed by atoms with Crippen molar-refractivity contribution >= 4 is 23.0 Å². The fourth-order valence-electron chi connectivity index (χ4n) is 2.71. The quantitative estimate of drug-likeness (QED) is 0.893. The lowest BCUT2D eigenvalue weighted by atomic mass is 10.0. The summed E-state index contributed by atoms with van der Waals surface area (Å²) >= 11 is 5.87. The van der Waals surface area contributed by atoms with Crippen molar-refractivity contribution in [3.05, 3.63) is 47.2 Å². The Morgan fingerprint density at radius 3 is 2.82 bits per heavy atom. The Balaban J connectivity index is 2.00. The zero-order valence-electron chi connectivity index (χ0n) is 12.5. The first-order valence-electron chi connectivity index (χ1n) is 7.15. The van der Waals surface area contributed by atoms with E-state index in [2.05, 4.69) is 5.32 Å². The Morgan fingerprint density at radius 2 is 2.09 bits per heavy atom. The number of benzene rings is 2. The maximum Gasteiger partial charge on any atom is 0.149 e. The molecule has 0 saturated heterocycles. The maximum absolute atomic E-state index is 14.2. The molecule has 2 aromatic rings. The largest absolute Gasteiger partial charge is 0.389 e. The second-order valence-electron chi connectivity index (χ2n) is 6.18. The van der Waals surface area contributed by atoms with E-state index >= 15 is 0 Å². The molecule has 2 aromatic carbocycles. The van der Waals surface area contributed by atoms with Crippen LogP contribution in [0.1, 0.15) is 13.8 Å². The van der Waals surface area contributed by atoms with Crippen LogP contribution in [0.4, 0.5) is 15.8 Å². The van der Waals surface area contributed by atoms with Crippen LogP contribution >= 0.6 is 11.6 Å². The van der Waals surface area contributed by atoms with Gasteiger partial charge >= 0.3 is 0 Å². The molecule has 0 aromatic heterocycles. The lowest BCUT2D eigenvalue weighted by Gasteiger charge is -2.26. The average Bonchev–Trinajstić information content (AvgIpc) is 2.82. The zero-order chi connectivity index (χ0) is 15.9. The van der Waals surface area contributed by atoms with E-state index in [0.29, 0.717) is 18.8 Å². The minimum atomic E-state index is -0.805. The molecule has 2 N–H and O–H groups in total. The summed E-state index contributed by atoms with van der Waals surface area (Å²) in [6.45, 7) is 4.66. The minimum Gasteiger partial charge on any atom is -0.389 e. The number of anilines is 2. The van der Waals surface area contributed by atoms with Gasteiger partial charge in [-0.15, -0.1) is 0 Å². The van der Waals surface area contributed by atoms with E-state index in [1.54, 1.807) is 26.0 Å². The Labute approximate surface area is 134 Å². The third-order valence-electron chi connectivity index (χ3n) is 3.64. The van der Waals surface area contributed by atoms with Crippen LogP contribution < -0.4 is 10.2 Å². The SMILES string of the molecule is CC(C)(O)CN1CNc2ccc(-c3cccc(Cl)c3F)cc21. The van der Waals surface area contributed by atoms with Crippen molar-refractivity contribution in [3.63, 3.8) is 0 Å². The van der Waals surface area contributed by atoms with Crippen LogP contribution in [-0.4, -0.2) is 23.9 Å². The number of β-amino-alcohol motifs (C(OH)–C–C–N with tert-alkyl or cyclic N) is 1. The summed E-state index contributed by atoms with van der Waals surface area (Å²) in [5.41, 5.74) is 2.38. The van der Waals surface area contributed by atoms with Crippen LogP contribution in [0.15, 0.2) is 36.4 Å². The monoisotopic (exact) mass is 320 g/mol. The second kappa shape index (κ2) is 5.45. The van der Waals surface area contributed by atoms with Crippen LogP contribution in [0.2, 0.25) is 5.02 Å². The Kier molecular flexibility index (Phi) is 3.75. The molecule has 0 unspecified atom stereocenters. The molecule has 0 fully saturated rings. The second-order valence-corrected chi connectivity index (χ2v) is 6.59. The van der Waals surface area contributed by atoms with Gasteiger partial charge in [0.2, 0.25) is 0 Å². The van der Waals surface area contributed by atoms with E-state index < -0.39 is 11.4 Å². The summed E-state index contributed by atoms with van der Waals surface area (Å²) in [5.74, 6) is -0.413. The van der Waals surface area contributed by atoms with Gasteiger partial charge in [0.25, 0.3) is 0 Å². The van der Waals surface area contributed by atoms with Gasteiger partial charge in [-0.2, -0.15) is 0 Å². The average molecular weight is 321 g/mol. The van der Waals surface area contributed by atoms with Gasteiger partial charge in [-0.25, -0.2) is 4.39 Å². The Bertz CT molecular complexity index is 712. The highest BCUT2D eigenvalue weighted by Gasteiger charge is 2.25. The molecular weight excluding hydrogens is 303 g/mol. The van der Waals surface area contributed by atoms with Crippen molar-refractivity contribution in [2.24, 2.45) is 0 Å². The van der Waals surface area contributed by atoms with Crippen molar-refractivity contribution in [2.45, 2.75) is 19.4 Å². The standard InChI is InChI=1S/C17H18ClFN2O/c1-17(2,22)9-21-10-20-14-7-6-11(8-15(14)21)12-4-3-5-13(18)16(12)19/h3-8,20,22H,9-10H2,1-2H3. The van der Waals surface area contributed by atoms with Crippen molar-refractivity contribution < 1.29 is 9.50 Å². The predicted octanol–water partition coefficient (Wildman–Crippen LogP) is 4.11. The molecular formula is C17H18ClFN2O. The molecule has 1 aliphatic heterocycles. The van der Waals surface area contributed by atoms with Gasteiger partial charge in [-0.1, -0.05) is 29.8 Å². The molecule has 3 nitrogen and oxygen atoms in total. The molecule has 0 spiro atoms. The number of hydrogen-bond donors (Lipinski definition) is 2. The van der Waals surface area contributed by atoms with Crippen LogP contribution in [0.25, 0.3) is 11.1 Å². The lowest BCUT2D eigenvalue weighted by molar-refractivity contribution is 0.0880. The zero-order valence-corrected chi connectivity index (χ0v) is 13.3. The molecule has 5 heteroatoms. The minimum absolute atomic E-state index is 0.115. The maximum atomic E-state index is 14.2. The smallest absolute Gasteiger partial charge is 0.149 e. The van der Waals surface area contributed by atoms with Gasteiger partial charge in [0, 0.05) is 12.1 Å². The van der Waals surface area contributed by atoms with Crippen LogP contribution in [0.3, 0.4) is 0 Å².